The van der Waals surface area contributed by atoms with Gasteiger partial charge in [0.15, 0.2) is 0 Å². The fraction of sp³-hybridized carbons (Fsp3) is 0.538. The van der Waals surface area contributed by atoms with E-state index in [0.29, 0.717) is 0 Å². The molecule has 1 atom stereocenters. The van der Waals surface area contributed by atoms with Crippen LogP contribution in [0.3, 0.4) is 0 Å². The fourth-order valence-electron chi connectivity index (χ4n) is 2.60. The summed E-state index contributed by atoms with van der Waals surface area (Å²) in [6, 6.07) is 6.30. The minimum absolute atomic E-state index is 0.120. The molecule has 0 amide bonds. The molecule has 2 nitrogen and oxygen atoms in total. The Bertz CT molecular complexity index is 401. The number of aryl methyl sites for hydroxylation is 1. The van der Waals surface area contributed by atoms with Gasteiger partial charge in [0.05, 0.1) is 0 Å². The van der Waals surface area contributed by atoms with Crippen LogP contribution in [0, 0.1) is 6.92 Å². The summed E-state index contributed by atoms with van der Waals surface area (Å²) in [5, 5.41) is 0.789. The normalized spacial score (nSPS) is 23.8. The maximum atomic E-state index is 6.07. The summed E-state index contributed by atoms with van der Waals surface area (Å²) in [6.45, 7) is 7.50. The first-order valence-corrected chi connectivity index (χ1v) is 6.07. The predicted molar refractivity (Wildman–Crippen MR) is 70.2 cm³/mol. The first-order chi connectivity index (χ1) is 7.40. The Labute approximate surface area is 102 Å². The van der Waals surface area contributed by atoms with Gasteiger partial charge >= 0.3 is 0 Å². The van der Waals surface area contributed by atoms with Gasteiger partial charge in [0.1, 0.15) is 0 Å². The van der Waals surface area contributed by atoms with E-state index in [-0.39, 0.29) is 11.6 Å². The fourth-order valence-corrected chi connectivity index (χ4v) is 2.76. The predicted octanol–water partition coefficient (Wildman–Crippen LogP) is 2.96. The minimum atomic E-state index is 0.120. The Kier molecular flexibility index (Phi) is 2.89. The lowest BCUT2D eigenvalue weighted by atomic mass is 9.99. The molecular formula is C13H19ClN2. The van der Waals surface area contributed by atoms with Gasteiger partial charge in [0.25, 0.3) is 0 Å². The Morgan fingerprint density at radius 3 is 2.69 bits per heavy atom. The Balaban J connectivity index is 2.40. The molecule has 88 valence electrons. The molecule has 0 aromatic heterocycles. The van der Waals surface area contributed by atoms with Gasteiger partial charge in [-0.3, -0.25) is 0 Å². The van der Waals surface area contributed by atoms with Gasteiger partial charge in [0.2, 0.25) is 0 Å². The molecule has 1 fully saturated rings. The number of hydrogen-bond donors (Lipinski definition) is 1. The quantitative estimate of drug-likeness (QED) is 0.815. The number of rotatable bonds is 1. The average Bonchev–Trinajstić information content (AvgIpc) is 2.43. The highest BCUT2D eigenvalue weighted by molar-refractivity contribution is 6.30. The van der Waals surface area contributed by atoms with Crippen LogP contribution in [0.2, 0.25) is 5.02 Å². The van der Waals surface area contributed by atoms with Crippen LogP contribution in [-0.4, -0.2) is 18.1 Å². The van der Waals surface area contributed by atoms with Gasteiger partial charge in [-0.05, 0) is 44.9 Å². The molecule has 0 radical (unpaired) electrons. The minimum Gasteiger partial charge on any atom is -0.365 e. The van der Waals surface area contributed by atoms with Crippen molar-refractivity contribution in [2.45, 2.75) is 38.8 Å². The van der Waals surface area contributed by atoms with Crippen molar-refractivity contribution in [2.24, 2.45) is 5.73 Å². The van der Waals surface area contributed by atoms with E-state index < -0.39 is 0 Å². The zero-order valence-electron chi connectivity index (χ0n) is 10.1. The van der Waals surface area contributed by atoms with Crippen LogP contribution < -0.4 is 10.6 Å². The molecule has 0 aliphatic carbocycles. The molecule has 2 rings (SSSR count). The Morgan fingerprint density at radius 2 is 2.12 bits per heavy atom. The van der Waals surface area contributed by atoms with E-state index in [9.17, 15) is 0 Å². The maximum Gasteiger partial charge on any atom is 0.0426 e. The molecule has 2 N–H and O–H groups in total. The van der Waals surface area contributed by atoms with Crippen molar-refractivity contribution in [3.63, 3.8) is 0 Å². The first-order valence-electron chi connectivity index (χ1n) is 5.69. The van der Waals surface area contributed by atoms with Crippen molar-refractivity contribution in [1.82, 2.24) is 0 Å². The zero-order chi connectivity index (χ0) is 11.9. The van der Waals surface area contributed by atoms with Crippen molar-refractivity contribution in [3.8, 4) is 0 Å². The van der Waals surface area contributed by atoms with Crippen molar-refractivity contribution >= 4 is 17.3 Å². The van der Waals surface area contributed by atoms with Crippen molar-refractivity contribution in [3.05, 3.63) is 28.8 Å². The van der Waals surface area contributed by atoms with E-state index in [4.69, 9.17) is 17.3 Å². The number of nitrogens with two attached hydrogens (primary N) is 1. The number of hydrogen-bond acceptors (Lipinski definition) is 2. The van der Waals surface area contributed by atoms with Crippen LogP contribution in [0.15, 0.2) is 18.2 Å². The average molecular weight is 239 g/mol. The highest BCUT2D eigenvalue weighted by Gasteiger charge is 2.37. The molecule has 0 saturated carbocycles. The van der Waals surface area contributed by atoms with Crippen LogP contribution in [-0.2, 0) is 0 Å². The third kappa shape index (κ3) is 2.04. The van der Waals surface area contributed by atoms with Gasteiger partial charge in [-0.2, -0.15) is 0 Å². The molecule has 1 unspecified atom stereocenters. The molecule has 0 spiro atoms. The van der Waals surface area contributed by atoms with E-state index in [0.717, 1.165) is 18.0 Å². The molecule has 1 aliphatic rings. The first kappa shape index (κ1) is 11.7. The lowest BCUT2D eigenvalue weighted by Crippen LogP contribution is -2.38. The van der Waals surface area contributed by atoms with E-state index >= 15 is 0 Å². The van der Waals surface area contributed by atoms with E-state index in [1.165, 1.54) is 11.3 Å². The van der Waals surface area contributed by atoms with Gasteiger partial charge < -0.3 is 10.6 Å². The van der Waals surface area contributed by atoms with E-state index in [1.54, 1.807) is 0 Å². The maximum absolute atomic E-state index is 6.07. The summed E-state index contributed by atoms with van der Waals surface area (Å²) in [4.78, 5) is 2.37. The number of anilines is 1. The van der Waals surface area contributed by atoms with Gasteiger partial charge in [-0.1, -0.05) is 17.7 Å². The Hall–Kier alpha value is -0.730. The molecule has 1 saturated heterocycles. The molecule has 1 heterocycles. The summed E-state index contributed by atoms with van der Waals surface area (Å²) in [7, 11) is 0. The van der Waals surface area contributed by atoms with E-state index in [2.05, 4.69) is 31.7 Å². The lowest BCUT2D eigenvalue weighted by Gasteiger charge is -2.34. The zero-order valence-corrected chi connectivity index (χ0v) is 10.9. The summed E-state index contributed by atoms with van der Waals surface area (Å²) in [5.74, 6) is 0. The van der Waals surface area contributed by atoms with Gasteiger partial charge in [-0.15, -0.1) is 0 Å². The van der Waals surface area contributed by atoms with Gasteiger partial charge in [-0.25, -0.2) is 0 Å². The number of benzene rings is 1. The summed E-state index contributed by atoms with van der Waals surface area (Å²) >= 11 is 6.07. The topological polar surface area (TPSA) is 29.3 Å². The van der Waals surface area contributed by atoms with E-state index in [1.807, 2.05) is 12.1 Å². The molecule has 1 aromatic rings. The van der Waals surface area contributed by atoms with Crippen LogP contribution in [0.1, 0.15) is 25.8 Å². The highest BCUT2D eigenvalue weighted by atomic mass is 35.5. The third-order valence-corrected chi connectivity index (χ3v) is 3.61. The summed E-state index contributed by atoms with van der Waals surface area (Å²) in [5.41, 5.74) is 8.64. The van der Waals surface area contributed by atoms with Crippen molar-refractivity contribution in [1.29, 1.82) is 0 Å². The Morgan fingerprint density at radius 1 is 1.44 bits per heavy atom. The summed E-state index contributed by atoms with van der Waals surface area (Å²) in [6.07, 6.45) is 1.03. The molecule has 1 aromatic carbocycles. The van der Waals surface area contributed by atoms with Gasteiger partial charge in [0, 0.05) is 28.8 Å². The highest BCUT2D eigenvalue weighted by Crippen LogP contribution is 2.36. The smallest absolute Gasteiger partial charge is 0.0426 e. The third-order valence-electron chi connectivity index (χ3n) is 3.37. The standard InChI is InChI=1S/C13H19ClN2/c1-9-4-5-10(14)6-12(9)16-8-11(15)7-13(16,2)3/h4-6,11H,7-8,15H2,1-3H3. The molecule has 0 bridgehead atoms. The monoisotopic (exact) mass is 238 g/mol. The second-order valence-corrected chi connectivity index (χ2v) is 5.75. The second kappa shape index (κ2) is 3.94. The van der Waals surface area contributed by atoms with Crippen LogP contribution in [0.5, 0.6) is 0 Å². The van der Waals surface area contributed by atoms with Crippen molar-refractivity contribution < 1.29 is 0 Å². The largest absolute Gasteiger partial charge is 0.365 e. The number of halogens is 1. The molecule has 1 aliphatic heterocycles. The second-order valence-electron chi connectivity index (χ2n) is 5.32. The van der Waals surface area contributed by atoms with Crippen LogP contribution in [0.25, 0.3) is 0 Å². The molecule has 16 heavy (non-hydrogen) atoms. The summed E-state index contributed by atoms with van der Waals surface area (Å²) < 4.78 is 0. The van der Waals surface area contributed by atoms with Crippen LogP contribution in [0.4, 0.5) is 5.69 Å². The SMILES string of the molecule is Cc1ccc(Cl)cc1N1CC(N)CC1(C)C. The lowest BCUT2D eigenvalue weighted by molar-refractivity contribution is 0.505. The molecule has 3 heteroatoms. The van der Waals surface area contributed by atoms with Crippen LogP contribution >= 0.6 is 11.6 Å². The number of nitrogens with zero attached hydrogens (tertiary/aromatic N) is 1. The van der Waals surface area contributed by atoms with Crippen molar-refractivity contribution in [2.75, 3.05) is 11.4 Å². The molecular weight excluding hydrogens is 220 g/mol.